The van der Waals surface area contributed by atoms with Crippen LogP contribution in [0.4, 0.5) is 4.39 Å². The number of aryl methyl sites for hydroxylation is 1. The molecule has 0 aliphatic heterocycles. The van der Waals surface area contributed by atoms with Gasteiger partial charge in [0.15, 0.2) is 11.6 Å². The molecule has 0 aliphatic rings. The van der Waals surface area contributed by atoms with E-state index >= 15 is 0 Å². The molecule has 2 N–H and O–H groups in total. The van der Waals surface area contributed by atoms with Crippen LogP contribution in [0, 0.1) is 5.82 Å². The van der Waals surface area contributed by atoms with Crippen molar-refractivity contribution in [2.75, 3.05) is 13.7 Å². The third-order valence-electron chi connectivity index (χ3n) is 3.89. The smallest absolute Gasteiger partial charge is 0.224 e. The summed E-state index contributed by atoms with van der Waals surface area (Å²) in [6.07, 6.45) is 0.962. The molecular weight excluding hydrogens is 309 g/mol. The topological polar surface area (TPSA) is 58.6 Å². The predicted octanol–water partition coefficient (Wildman–Crippen LogP) is 2.79. The summed E-state index contributed by atoms with van der Waals surface area (Å²) in [5.41, 5.74) is 2.57. The number of carbonyl (C=O) groups is 1. The first-order valence-corrected chi connectivity index (χ1v) is 7.88. The highest BCUT2D eigenvalue weighted by molar-refractivity contribution is 5.79. The molecule has 0 radical (unpaired) electrons. The molecule has 2 aromatic rings. The van der Waals surface area contributed by atoms with Crippen molar-refractivity contribution in [3.63, 3.8) is 0 Å². The zero-order valence-corrected chi connectivity index (χ0v) is 13.9. The van der Waals surface area contributed by atoms with Crippen LogP contribution in [0.25, 0.3) is 0 Å². The number of aliphatic hydroxyl groups excluding tert-OH is 1. The molecular formula is C19H22FNO3. The zero-order valence-electron chi connectivity index (χ0n) is 13.9. The number of halogens is 1. The summed E-state index contributed by atoms with van der Waals surface area (Å²) in [6, 6.07) is 11.7. The Kier molecular flexibility index (Phi) is 6.32. The summed E-state index contributed by atoms with van der Waals surface area (Å²) in [7, 11) is 1.39. The van der Waals surface area contributed by atoms with Gasteiger partial charge >= 0.3 is 0 Å². The molecule has 24 heavy (non-hydrogen) atoms. The van der Waals surface area contributed by atoms with Crippen LogP contribution in [-0.2, 0) is 17.6 Å². The molecule has 0 aromatic heterocycles. The molecule has 0 saturated carbocycles. The number of benzene rings is 2. The Morgan fingerprint density at radius 1 is 1.21 bits per heavy atom. The zero-order chi connectivity index (χ0) is 17.5. The van der Waals surface area contributed by atoms with E-state index in [0.29, 0.717) is 5.56 Å². The molecule has 0 saturated heterocycles. The van der Waals surface area contributed by atoms with Gasteiger partial charge in [0.1, 0.15) is 0 Å². The Labute approximate surface area is 141 Å². The molecule has 0 heterocycles. The molecule has 1 amide bonds. The second-order valence-corrected chi connectivity index (χ2v) is 5.54. The van der Waals surface area contributed by atoms with Crippen LogP contribution in [0.1, 0.15) is 29.7 Å². The lowest BCUT2D eigenvalue weighted by molar-refractivity contribution is -0.121. The lowest BCUT2D eigenvalue weighted by Crippen LogP contribution is -2.32. The molecule has 0 aliphatic carbocycles. The molecule has 0 bridgehead atoms. The highest BCUT2D eigenvalue weighted by atomic mass is 19.1. The van der Waals surface area contributed by atoms with E-state index in [1.54, 1.807) is 6.07 Å². The molecule has 5 heteroatoms. The maximum Gasteiger partial charge on any atom is 0.224 e. The Bertz CT molecular complexity index is 686. The van der Waals surface area contributed by atoms with Gasteiger partial charge in [-0.2, -0.15) is 0 Å². The molecule has 2 rings (SSSR count). The van der Waals surface area contributed by atoms with Crippen molar-refractivity contribution >= 4 is 5.91 Å². The molecule has 2 aromatic carbocycles. The van der Waals surface area contributed by atoms with Gasteiger partial charge in [0.2, 0.25) is 5.91 Å². The van der Waals surface area contributed by atoms with E-state index in [4.69, 9.17) is 4.74 Å². The fourth-order valence-electron chi connectivity index (χ4n) is 2.47. The van der Waals surface area contributed by atoms with Crippen molar-refractivity contribution < 1.29 is 19.0 Å². The van der Waals surface area contributed by atoms with Crippen LogP contribution < -0.4 is 10.1 Å². The summed E-state index contributed by atoms with van der Waals surface area (Å²) in [4.78, 5) is 12.2. The van der Waals surface area contributed by atoms with Crippen LogP contribution in [0.15, 0.2) is 42.5 Å². The van der Waals surface area contributed by atoms with Gasteiger partial charge in [-0.15, -0.1) is 0 Å². The highest BCUT2D eigenvalue weighted by Gasteiger charge is 2.15. The molecule has 1 atom stereocenters. The van der Waals surface area contributed by atoms with E-state index in [1.807, 2.05) is 24.3 Å². The van der Waals surface area contributed by atoms with Gasteiger partial charge in [0, 0.05) is 0 Å². The second-order valence-electron chi connectivity index (χ2n) is 5.54. The van der Waals surface area contributed by atoms with Crippen LogP contribution >= 0.6 is 0 Å². The monoisotopic (exact) mass is 331 g/mol. The summed E-state index contributed by atoms with van der Waals surface area (Å²) in [6.45, 7) is 1.86. The molecule has 0 fully saturated rings. The molecule has 0 spiro atoms. The van der Waals surface area contributed by atoms with Gasteiger partial charge in [0.05, 0.1) is 26.2 Å². The largest absolute Gasteiger partial charge is 0.494 e. The van der Waals surface area contributed by atoms with E-state index in [1.165, 1.54) is 24.8 Å². The van der Waals surface area contributed by atoms with Crippen molar-refractivity contribution in [3.8, 4) is 5.75 Å². The predicted molar refractivity (Wildman–Crippen MR) is 90.4 cm³/mol. The summed E-state index contributed by atoms with van der Waals surface area (Å²) in [5, 5.41) is 12.3. The third kappa shape index (κ3) is 4.55. The van der Waals surface area contributed by atoms with Crippen LogP contribution in [-0.4, -0.2) is 24.7 Å². The van der Waals surface area contributed by atoms with Crippen molar-refractivity contribution in [3.05, 3.63) is 65.0 Å². The normalized spacial score (nSPS) is 11.8. The van der Waals surface area contributed by atoms with Gasteiger partial charge in [-0.25, -0.2) is 4.39 Å². The first-order valence-electron chi connectivity index (χ1n) is 7.88. The second kappa shape index (κ2) is 8.45. The maximum absolute atomic E-state index is 13.7. The number of carbonyl (C=O) groups excluding carboxylic acids is 1. The number of aliphatic hydroxyl groups is 1. The Balaban J connectivity index is 2.02. The van der Waals surface area contributed by atoms with Gasteiger partial charge in [-0.1, -0.05) is 37.3 Å². The maximum atomic E-state index is 13.7. The number of nitrogens with one attached hydrogen (secondary N) is 1. The van der Waals surface area contributed by atoms with Crippen molar-refractivity contribution in [1.82, 2.24) is 5.32 Å². The number of amides is 1. The van der Waals surface area contributed by atoms with Crippen molar-refractivity contribution in [2.45, 2.75) is 25.8 Å². The van der Waals surface area contributed by atoms with E-state index in [2.05, 4.69) is 12.2 Å². The average Bonchev–Trinajstić information content (AvgIpc) is 2.60. The third-order valence-corrected chi connectivity index (χ3v) is 3.89. The minimum Gasteiger partial charge on any atom is -0.494 e. The number of hydrogen-bond acceptors (Lipinski definition) is 3. The fraction of sp³-hybridized carbons (Fsp3) is 0.316. The van der Waals surface area contributed by atoms with E-state index in [9.17, 15) is 14.3 Å². The van der Waals surface area contributed by atoms with Crippen molar-refractivity contribution in [1.29, 1.82) is 0 Å². The fourth-order valence-corrected chi connectivity index (χ4v) is 2.47. The minimum absolute atomic E-state index is 0.0322. The lowest BCUT2D eigenvalue weighted by Gasteiger charge is -2.17. The van der Waals surface area contributed by atoms with Gasteiger partial charge < -0.3 is 15.2 Å². The Morgan fingerprint density at radius 2 is 1.88 bits per heavy atom. The Morgan fingerprint density at radius 3 is 2.42 bits per heavy atom. The number of ether oxygens (including phenoxy) is 1. The standard InChI is InChI=1S/C19H22FNO3/c1-3-13-4-7-15(8-5-13)17(12-22)21-19(23)11-14-6-9-18(24-2)16(20)10-14/h4-10,17,22H,3,11-12H2,1-2H3,(H,21,23). The van der Waals surface area contributed by atoms with Gasteiger partial charge in [-0.05, 0) is 35.2 Å². The van der Waals surface area contributed by atoms with E-state index in [-0.39, 0.29) is 24.7 Å². The molecule has 128 valence electrons. The quantitative estimate of drug-likeness (QED) is 0.820. The molecule has 1 unspecified atom stereocenters. The summed E-state index contributed by atoms with van der Waals surface area (Å²) >= 11 is 0. The molecule has 4 nitrogen and oxygen atoms in total. The number of methoxy groups -OCH3 is 1. The van der Waals surface area contributed by atoms with Crippen molar-refractivity contribution in [2.24, 2.45) is 0 Å². The van der Waals surface area contributed by atoms with E-state index < -0.39 is 11.9 Å². The number of rotatable bonds is 7. The summed E-state index contributed by atoms with van der Waals surface area (Å²) in [5.74, 6) is -0.641. The van der Waals surface area contributed by atoms with Crippen LogP contribution in [0.2, 0.25) is 0 Å². The SMILES string of the molecule is CCc1ccc(C(CO)NC(=O)Cc2ccc(OC)c(F)c2)cc1. The average molecular weight is 331 g/mol. The van der Waals surface area contributed by atoms with E-state index in [0.717, 1.165) is 12.0 Å². The Hall–Kier alpha value is -2.40. The van der Waals surface area contributed by atoms with Crippen LogP contribution in [0.5, 0.6) is 5.75 Å². The first kappa shape index (κ1) is 17.9. The van der Waals surface area contributed by atoms with Gasteiger partial charge in [0.25, 0.3) is 0 Å². The van der Waals surface area contributed by atoms with Crippen LogP contribution in [0.3, 0.4) is 0 Å². The minimum atomic E-state index is -0.503. The van der Waals surface area contributed by atoms with Gasteiger partial charge in [-0.3, -0.25) is 4.79 Å². The lowest BCUT2D eigenvalue weighted by atomic mass is 10.0. The number of hydrogen-bond donors (Lipinski definition) is 2. The highest BCUT2D eigenvalue weighted by Crippen LogP contribution is 2.19. The summed E-state index contributed by atoms with van der Waals surface area (Å²) < 4.78 is 18.5. The first-order chi connectivity index (χ1) is 11.6.